The highest BCUT2D eigenvalue weighted by molar-refractivity contribution is 7.55. The van der Waals surface area contributed by atoms with Crippen LogP contribution < -0.4 is 5.73 Å². The first-order chi connectivity index (χ1) is 8.47. The van der Waals surface area contributed by atoms with E-state index in [1.54, 1.807) is 10.9 Å². The molecule has 0 aliphatic heterocycles. The zero-order valence-corrected chi connectivity index (χ0v) is 10.2. The normalized spacial score (nSPS) is 12.6. The van der Waals surface area contributed by atoms with Crippen molar-refractivity contribution in [3.8, 4) is 0 Å². The van der Waals surface area contributed by atoms with Gasteiger partial charge in [-0.2, -0.15) is 0 Å². The SMILES string of the molecule is Nc1ncnc2c1ncn2CC/C=C/P(=O)(O)O. The standard InChI is InChI=1S/C9H12N5O3P/c10-8-7-9(12-5-11-8)14(6-13-7)3-1-2-4-18(15,16)17/h2,4-6H,1,3H2,(H2,10,11,12)(H2,15,16,17)/b4-2+. The van der Waals surface area contributed by atoms with Gasteiger partial charge in [-0.3, -0.25) is 4.57 Å². The first kappa shape index (κ1) is 12.7. The maximum absolute atomic E-state index is 10.6. The number of hydrogen-bond acceptors (Lipinski definition) is 5. The minimum atomic E-state index is -4.08. The number of imidazole rings is 1. The van der Waals surface area contributed by atoms with E-state index in [9.17, 15) is 4.57 Å². The van der Waals surface area contributed by atoms with Crippen LogP contribution in [0.1, 0.15) is 6.42 Å². The molecule has 4 N–H and O–H groups in total. The molecule has 0 atom stereocenters. The number of fused-ring (bicyclic) bond motifs is 1. The molecule has 0 aliphatic rings. The first-order valence-corrected chi connectivity index (χ1v) is 6.80. The molecule has 0 amide bonds. The molecule has 2 aromatic rings. The topological polar surface area (TPSA) is 127 Å². The first-order valence-electron chi connectivity index (χ1n) is 5.11. The number of hydrogen-bond donors (Lipinski definition) is 3. The Hall–Kier alpha value is -1.76. The van der Waals surface area contributed by atoms with Crippen molar-refractivity contribution in [2.75, 3.05) is 5.73 Å². The van der Waals surface area contributed by atoms with Gasteiger partial charge in [0, 0.05) is 12.4 Å². The second-order valence-electron chi connectivity index (χ2n) is 3.63. The molecule has 18 heavy (non-hydrogen) atoms. The van der Waals surface area contributed by atoms with Gasteiger partial charge in [0.25, 0.3) is 0 Å². The largest absolute Gasteiger partial charge is 0.382 e. The Morgan fingerprint density at radius 1 is 1.39 bits per heavy atom. The minimum Gasteiger partial charge on any atom is -0.382 e. The van der Waals surface area contributed by atoms with Gasteiger partial charge in [0.15, 0.2) is 11.5 Å². The highest BCUT2D eigenvalue weighted by Gasteiger charge is 2.07. The fourth-order valence-corrected chi connectivity index (χ4v) is 1.91. The predicted octanol–water partition coefficient (Wildman–Crippen LogP) is 0.490. The van der Waals surface area contributed by atoms with Crippen LogP contribution in [0.5, 0.6) is 0 Å². The molecule has 0 bridgehead atoms. The summed E-state index contributed by atoms with van der Waals surface area (Å²) in [6, 6.07) is 0. The average Bonchev–Trinajstić information content (AvgIpc) is 2.68. The molecule has 96 valence electrons. The van der Waals surface area contributed by atoms with Gasteiger partial charge in [-0.15, -0.1) is 0 Å². The quantitative estimate of drug-likeness (QED) is 0.689. The summed E-state index contributed by atoms with van der Waals surface area (Å²) >= 11 is 0. The number of nitrogens with two attached hydrogens (primary N) is 1. The van der Waals surface area contributed by atoms with Crippen LogP contribution in [-0.4, -0.2) is 29.3 Å². The maximum atomic E-state index is 10.6. The fraction of sp³-hybridized carbons (Fsp3) is 0.222. The van der Waals surface area contributed by atoms with Crippen LogP contribution in [0.15, 0.2) is 24.5 Å². The van der Waals surface area contributed by atoms with Gasteiger partial charge < -0.3 is 20.1 Å². The third-order valence-corrected chi connectivity index (χ3v) is 2.87. The number of rotatable bonds is 4. The lowest BCUT2D eigenvalue weighted by atomic mass is 10.4. The second kappa shape index (κ2) is 4.85. The molecule has 0 fully saturated rings. The summed E-state index contributed by atoms with van der Waals surface area (Å²) < 4.78 is 12.3. The lowest BCUT2D eigenvalue weighted by Crippen LogP contribution is -1.98. The molecule has 0 aliphatic carbocycles. The molecule has 2 aromatic heterocycles. The summed E-state index contributed by atoms with van der Waals surface area (Å²) in [7, 11) is -4.08. The lowest BCUT2D eigenvalue weighted by molar-refractivity contribution is 0.386. The van der Waals surface area contributed by atoms with E-state index in [1.165, 1.54) is 12.4 Å². The van der Waals surface area contributed by atoms with Crippen LogP contribution in [0.25, 0.3) is 11.2 Å². The average molecular weight is 269 g/mol. The molecular weight excluding hydrogens is 257 g/mol. The van der Waals surface area contributed by atoms with Gasteiger partial charge in [-0.25, -0.2) is 15.0 Å². The van der Waals surface area contributed by atoms with Crippen molar-refractivity contribution in [2.45, 2.75) is 13.0 Å². The van der Waals surface area contributed by atoms with Gasteiger partial charge >= 0.3 is 7.60 Å². The number of aryl methyl sites for hydroxylation is 1. The Kier molecular flexibility index (Phi) is 3.42. The van der Waals surface area contributed by atoms with Crippen molar-refractivity contribution in [1.29, 1.82) is 0 Å². The van der Waals surface area contributed by atoms with Crippen LogP contribution >= 0.6 is 7.60 Å². The van der Waals surface area contributed by atoms with Crippen LogP contribution in [0.3, 0.4) is 0 Å². The molecule has 8 nitrogen and oxygen atoms in total. The second-order valence-corrected chi connectivity index (χ2v) is 5.11. The van der Waals surface area contributed by atoms with Gasteiger partial charge in [-0.1, -0.05) is 6.08 Å². The van der Waals surface area contributed by atoms with E-state index in [0.29, 0.717) is 29.9 Å². The number of allylic oxidation sites excluding steroid dienone is 1. The Morgan fingerprint density at radius 2 is 2.17 bits per heavy atom. The highest BCUT2D eigenvalue weighted by Crippen LogP contribution is 2.36. The van der Waals surface area contributed by atoms with Crippen LogP contribution in [0.4, 0.5) is 5.82 Å². The van der Waals surface area contributed by atoms with Crippen molar-refractivity contribution in [3.63, 3.8) is 0 Å². The zero-order chi connectivity index (χ0) is 13.2. The molecular formula is C9H12N5O3P. The molecule has 2 heterocycles. The van der Waals surface area contributed by atoms with E-state index in [-0.39, 0.29) is 0 Å². The zero-order valence-electron chi connectivity index (χ0n) is 9.34. The van der Waals surface area contributed by atoms with E-state index in [2.05, 4.69) is 15.0 Å². The van der Waals surface area contributed by atoms with Crippen molar-refractivity contribution >= 4 is 24.6 Å². The lowest BCUT2D eigenvalue weighted by Gasteiger charge is -2.01. The number of anilines is 1. The van der Waals surface area contributed by atoms with Crippen molar-refractivity contribution < 1.29 is 14.4 Å². The smallest absolute Gasteiger partial charge is 0.348 e. The van der Waals surface area contributed by atoms with E-state index in [0.717, 1.165) is 5.82 Å². The summed E-state index contributed by atoms with van der Waals surface area (Å²) in [5.41, 5.74) is 6.77. The summed E-state index contributed by atoms with van der Waals surface area (Å²) in [5, 5.41) is 0. The highest BCUT2D eigenvalue weighted by atomic mass is 31.2. The van der Waals surface area contributed by atoms with E-state index >= 15 is 0 Å². The Balaban J connectivity index is 2.11. The summed E-state index contributed by atoms with van der Waals surface area (Å²) in [4.78, 5) is 29.3. The van der Waals surface area contributed by atoms with Crippen molar-refractivity contribution in [3.05, 3.63) is 24.5 Å². The van der Waals surface area contributed by atoms with Gasteiger partial charge in [-0.05, 0) is 6.42 Å². The fourth-order valence-electron chi connectivity index (χ4n) is 1.49. The summed E-state index contributed by atoms with van der Waals surface area (Å²) in [5.74, 6) is 1.19. The Bertz CT molecular complexity index is 632. The maximum Gasteiger partial charge on any atom is 0.348 e. The number of nitrogens with zero attached hydrogens (tertiary/aromatic N) is 4. The molecule has 0 saturated heterocycles. The number of aromatic nitrogens is 4. The molecule has 0 radical (unpaired) electrons. The van der Waals surface area contributed by atoms with Crippen LogP contribution in [-0.2, 0) is 11.1 Å². The predicted molar refractivity (Wildman–Crippen MR) is 65.5 cm³/mol. The van der Waals surface area contributed by atoms with Crippen LogP contribution in [0, 0.1) is 0 Å². The monoisotopic (exact) mass is 269 g/mol. The van der Waals surface area contributed by atoms with Crippen molar-refractivity contribution in [2.24, 2.45) is 0 Å². The van der Waals surface area contributed by atoms with E-state index in [1.807, 2.05) is 0 Å². The van der Waals surface area contributed by atoms with Crippen molar-refractivity contribution in [1.82, 2.24) is 19.5 Å². The van der Waals surface area contributed by atoms with Crippen LogP contribution in [0.2, 0.25) is 0 Å². The number of nitrogen functional groups attached to an aromatic ring is 1. The third-order valence-electron chi connectivity index (χ3n) is 2.27. The van der Waals surface area contributed by atoms with E-state index < -0.39 is 7.60 Å². The molecule has 2 rings (SSSR count). The molecule has 0 unspecified atom stereocenters. The summed E-state index contributed by atoms with van der Waals surface area (Å²) in [6.07, 6.45) is 4.81. The minimum absolute atomic E-state index is 0.310. The van der Waals surface area contributed by atoms with Gasteiger partial charge in [0.05, 0.1) is 6.33 Å². The molecule has 0 spiro atoms. The Labute approximate surface area is 102 Å². The van der Waals surface area contributed by atoms with Gasteiger partial charge in [0.1, 0.15) is 11.8 Å². The van der Waals surface area contributed by atoms with Gasteiger partial charge in [0.2, 0.25) is 0 Å². The Morgan fingerprint density at radius 3 is 2.89 bits per heavy atom. The third kappa shape index (κ3) is 2.92. The van der Waals surface area contributed by atoms with E-state index in [4.69, 9.17) is 15.5 Å². The molecule has 0 aromatic carbocycles. The molecule has 9 heteroatoms. The molecule has 0 saturated carbocycles. The summed E-state index contributed by atoms with van der Waals surface area (Å²) in [6.45, 7) is 0.503.